The molecule has 0 amide bonds. The van der Waals surface area contributed by atoms with E-state index in [0.717, 1.165) is 55.6 Å². The third-order valence-electron chi connectivity index (χ3n) is 8.69. The monoisotopic (exact) mass is 603 g/mol. The molecule has 5 nitrogen and oxygen atoms in total. The number of aromatic nitrogens is 3. The van der Waals surface area contributed by atoms with Crippen LogP contribution in [0.25, 0.3) is 89.6 Å². The minimum atomic E-state index is 0.581. The molecule has 0 radical (unpaired) electrons. The molecule has 9 rings (SSSR count). The molecule has 1 aliphatic heterocycles. The molecule has 0 bridgehead atoms. The first-order valence-corrected chi connectivity index (χ1v) is 15.7. The number of hydrogen-bond donors (Lipinski definition) is 0. The van der Waals surface area contributed by atoms with Gasteiger partial charge in [0.25, 0.3) is 0 Å². The molecule has 0 saturated carbocycles. The van der Waals surface area contributed by atoms with E-state index >= 15 is 0 Å². The van der Waals surface area contributed by atoms with Gasteiger partial charge in [-0.25, -0.2) is 15.0 Å². The lowest BCUT2D eigenvalue weighted by molar-refractivity contribution is 0.605. The van der Waals surface area contributed by atoms with Gasteiger partial charge in [-0.1, -0.05) is 139 Å². The van der Waals surface area contributed by atoms with Gasteiger partial charge in [-0.05, 0) is 51.2 Å². The molecule has 5 heteroatoms. The van der Waals surface area contributed by atoms with E-state index < -0.39 is 0 Å². The minimum absolute atomic E-state index is 0.581. The molecular formula is C42H27N4O-. The van der Waals surface area contributed by atoms with Gasteiger partial charge in [0.15, 0.2) is 17.5 Å². The predicted molar refractivity (Wildman–Crippen MR) is 191 cm³/mol. The van der Waals surface area contributed by atoms with E-state index in [0.29, 0.717) is 24.0 Å². The Morgan fingerprint density at radius 2 is 1.09 bits per heavy atom. The van der Waals surface area contributed by atoms with Crippen LogP contribution in [0.2, 0.25) is 0 Å². The first-order valence-electron chi connectivity index (χ1n) is 15.7. The molecule has 8 aromatic rings. The fraction of sp³-hybridized carbons (Fsp3) is 0.0238. The Balaban J connectivity index is 1.15. The molecular weight excluding hydrogens is 576 g/mol. The van der Waals surface area contributed by atoms with E-state index in [9.17, 15) is 0 Å². The highest BCUT2D eigenvalue weighted by atomic mass is 16.3. The van der Waals surface area contributed by atoms with Crippen molar-refractivity contribution < 1.29 is 4.42 Å². The highest BCUT2D eigenvalue weighted by Crippen LogP contribution is 2.44. The van der Waals surface area contributed by atoms with Gasteiger partial charge in [0, 0.05) is 22.1 Å². The zero-order chi connectivity index (χ0) is 31.2. The Morgan fingerprint density at radius 3 is 1.83 bits per heavy atom. The van der Waals surface area contributed by atoms with Gasteiger partial charge < -0.3 is 9.73 Å². The Morgan fingerprint density at radius 1 is 0.489 bits per heavy atom. The quantitative estimate of drug-likeness (QED) is 0.196. The Labute approximate surface area is 271 Å². The molecule has 0 saturated heterocycles. The number of hydrogen-bond acceptors (Lipinski definition) is 4. The molecule has 2 aromatic heterocycles. The maximum absolute atomic E-state index is 6.17. The summed E-state index contributed by atoms with van der Waals surface area (Å²) in [4.78, 5) is 15.2. The van der Waals surface area contributed by atoms with Gasteiger partial charge in [0.05, 0.1) is 0 Å². The van der Waals surface area contributed by atoms with Crippen molar-refractivity contribution in [1.29, 1.82) is 0 Å². The lowest BCUT2D eigenvalue weighted by Crippen LogP contribution is -2.00. The van der Waals surface area contributed by atoms with E-state index in [-0.39, 0.29) is 0 Å². The predicted octanol–water partition coefficient (Wildman–Crippen LogP) is 11.1. The number of furan rings is 1. The Hall–Kier alpha value is -6.33. The summed E-state index contributed by atoms with van der Waals surface area (Å²) in [5.74, 6) is 2.56. The molecule has 0 unspecified atom stereocenters. The highest BCUT2D eigenvalue weighted by Gasteiger charge is 2.18. The second-order valence-corrected chi connectivity index (χ2v) is 11.6. The molecule has 222 valence electrons. The second kappa shape index (κ2) is 11.2. The average molecular weight is 604 g/mol. The van der Waals surface area contributed by atoms with Crippen LogP contribution in [-0.4, -0.2) is 21.5 Å². The number of nitrogens with zero attached hydrogens (tertiary/aromatic N) is 4. The van der Waals surface area contributed by atoms with Crippen LogP contribution in [0, 0.1) is 0 Å². The van der Waals surface area contributed by atoms with Crippen molar-refractivity contribution in [3.05, 3.63) is 157 Å². The van der Waals surface area contributed by atoms with Crippen LogP contribution >= 0.6 is 0 Å². The average Bonchev–Trinajstić information content (AvgIpc) is 3.54. The van der Waals surface area contributed by atoms with Crippen molar-refractivity contribution in [1.82, 2.24) is 15.0 Å². The largest absolute Gasteiger partial charge is 0.678 e. The summed E-state index contributed by atoms with van der Waals surface area (Å²) < 4.78 is 6.17. The number of fused-ring (bicyclic) bond motifs is 4. The summed E-state index contributed by atoms with van der Waals surface area (Å²) in [6.07, 6.45) is 3.99. The molecule has 0 atom stereocenters. The van der Waals surface area contributed by atoms with Gasteiger partial charge >= 0.3 is 0 Å². The first kappa shape index (κ1) is 27.0. The minimum Gasteiger partial charge on any atom is -0.678 e. The molecule has 0 aliphatic carbocycles. The maximum atomic E-state index is 6.17. The smallest absolute Gasteiger partial charge is 0.164 e. The normalized spacial score (nSPS) is 12.3. The summed E-state index contributed by atoms with van der Waals surface area (Å²) >= 11 is 0. The first-order chi connectivity index (χ1) is 23.3. The molecule has 0 N–H and O–H groups in total. The second-order valence-electron chi connectivity index (χ2n) is 11.6. The highest BCUT2D eigenvalue weighted by molar-refractivity contribution is 6.06. The van der Waals surface area contributed by atoms with Crippen LogP contribution in [0.5, 0.6) is 0 Å². The fourth-order valence-corrected chi connectivity index (χ4v) is 6.29. The zero-order valence-corrected chi connectivity index (χ0v) is 25.3. The van der Waals surface area contributed by atoms with E-state index in [1.165, 1.54) is 16.5 Å². The van der Waals surface area contributed by atoms with Gasteiger partial charge in [-0.15, -0.1) is 6.54 Å². The van der Waals surface area contributed by atoms with Crippen LogP contribution in [0.4, 0.5) is 5.69 Å². The van der Waals surface area contributed by atoms with Crippen molar-refractivity contribution in [3.63, 3.8) is 0 Å². The van der Waals surface area contributed by atoms with E-state index in [1.54, 1.807) is 0 Å². The standard InChI is InChI=1S/C42H27N4O/c1-2-8-27(9-3-1)29-15-17-30(18-16-29)31-19-22-32(23-20-31)40-44-41(34-24-21-28-10-4-5-11-33(28)26-34)46-42(45-40)35-12-6-13-36-38(35)39-37(47-36)14-7-25-43-39/h1-24,26H,25H2/q-1. The van der Waals surface area contributed by atoms with E-state index in [2.05, 4.69) is 109 Å². The number of rotatable bonds is 5. The van der Waals surface area contributed by atoms with Gasteiger partial charge in [-0.2, -0.15) is 0 Å². The molecule has 0 fully saturated rings. The van der Waals surface area contributed by atoms with Gasteiger partial charge in [0.1, 0.15) is 11.3 Å². The summed E-state index contributed by atoms with van der Waals surface area (Å²) in [6.45, 7) is 0.613. The van der Waals surface area contributed by atoms with Gasteiger partial charge in [0.2, 0.25) is 0 Å². The van der Waals surface area contributed by atoms with Crippen molar-refractivity contribution >= 4 is 33.5 Å². The van der Waals surface area contributed by atoms with E-state index in [4.69, 9.17) is 24.7 Å². The topological polar surface area (TPSA) is 65.9 Å². The molecule has 6 aromatic carbocycles. The maximum Gasteiger partial charge on any atom is 0.164 e. The fourth-order valence-electron chi connectivity index (χ4n) is 6.29. The Bertz CT molecular complexity index is 2440. The van der Waals surface area contributed by atoms with Crippen molar-refractivity contribution in [2.75, 3.05) is 6.54 Å². The van der Waals surface area contributed by atoms with Crippen LogP contribution < -0.4 is 0 Å². The lowest BCUT2D eigenvalue weighted by atomic mass is 9.99. The van der Waals surface area contributed by atoms with Crippen molar-refractivity contribution in [2.45, 2.75) is 0 Å². The summed E-state index contributed by atoms with van der Waals surface area (Å²) in [7, 11) is 0. The van der Waals surface area contributed by atoms with Gasteiger partial charge in [-0.3, -0.25) is 0 Å². The van der Waals surface area contributed by atoms with Crippen molar-refractivity contribution in [2.24, 2.45) is 0 Å². The zero-order valence-electron chi connectivity index (χ0n) is 25.3. The SMILES string of the molecule is C1=Cc2oc3cccc(-c4nc(-c5ccc(-c6ccc(-c7ccccc7)cc6)cc5)nc(-c5ccc6ccccc6c5)n4)c3c2[N-]C1. The molecule has 0 spiro atoms. The van der Waals surface area contributed by atoms with E-state index in [1.807, 2.05) is 42.5 Å². The Kier molecular flexibility index (Phi) is 6.46. The molecule has 3 heterocycles. The van der Waals surface area contributed by atoms with Crippen LogP contribution in [0.3, 0.4) is 0 Å². The summed E-state index contributed by atoms with van der Waals surface area (Å²) in [5, 5.41) is 7.99. The molecule has 47 heavy (non-hydrogen) atoms. The summed E-state index contributed by atoms with van der Waals surface area (Å²) in [6, 6.07) is 48.2. The third-order valence-corrected chi connectivity index (χ3v) is 8.69. The lowest BCUT2D eigenvalue weighted by Gasteiger charge is -2.22. The molecule has 1 aliphatic rings. The van der Waals surface area contributed by atoms with Crippen LogP contribution in [0.15, 0.2) is 150 Å². The van der Waals surface area contributed by atoms with Crippen LogP contribution in [-0.2, 0) is 0 Å². The third kappa shape index (κ3) is 4.95. The summed E-state index contributed by atoms with van der Waals surface area (Å²) in [5.41, 5.74) is 9.00. The van der Waals surface area contributed by atoms with Crippen LogP contribution in [0.1, 0.15) is 5.76 Å². The van der Waals surface area contributed by atoms with Crippen molar-refractivity contribution in [3.8, 4) is 56.4 Å². The number of benzene rings is 6.